The van der Waals surface area contributed by atoms with Gasteiger partial charge in [-0.05, 0) is 18.9 Å². The van der Waals surface area contributed by atoms with Gasteiger partial charge in [-0.2, -0.15) is 13.2 Å². The summed E-state index contributed by atoms with van der Waals surface area (Å²) in [5.41, 5.74) is 0. The molecule has 0 saturated heterocycles. The van der Waals surface area contributed by atoms with E-state index in [9.17, 15) is 37.5 Å². The highest BCUT2D eigenvalue weighted by atomic mass is 19.4. The Labute approximate surface area is 171 Å². The summed E-state index contributed by atoms with van der Waals surface area (Å²) in [5, 5.41) is 14.0. The molecule has 30 heavy (non-hydrogen) atoms. The number of alkyl halides is 3. The van der Waals surface area contributed by atoms with Crippen molar-refractivity contribution in [2.75, 3.05) is 19.6 Å². The number of nitrogens with one attached hydrogen (secondary N) is 2. The summed E-state index contributed by atoms with van der Waals surface area (Å²) in [6.07, 6.45) is -4.45. The Morgan fingerprint density at radius 1 is 1.17 bits per heavy atom. The van der Waals surface area contributed by atoms with Crippen molar-refractivity contribution in [2.45, 2.75) is 58.0 Å². The number of carboxylic acid groups (broad SMARTS) is 1. The molecule has 1 rings (SSSR count). The van der Waals surface area contributed by atoms with Crippen LogP contribution >= 0.6 is 0 Å². The first-order valence-corrected chi connectivity index (χ1v) is 9.43. The van der Waals surface area contributed by atoms with Crippen LogP contribution in [0.1, 0.15) is 33.6 Å². The Kier molecular flexibility index (Phi) is 9.27. The van der Waals surface area contributed by atoms with Gasteiger partial charge in [-0.1, -0.05) is 13.8 Å². The first kappa shape index (κ1) is 25.4. The average molecular weight is 437 g/mol. The number of carboxylic acids is 1. The van der Waals surface area contributed by atoms with E-state index in [1.54, 1.807) is 0 Å². The molecule has 9 nitrogen and oxygen atoms in total. The predicted molar refractivity (Wildman–Crippen MR) is 98.2 cm³/mol. The van der Waals surface area contributed by atoms with Gasteiger partial charge in [-0.3, -0.25) is 14.4 Å². The molecule has 1 aliphatic heterocycles. The number of rotatable bonds is 10. The minimum atomic E-state index is -5.09. The fraction of sp³-hybridized carbons (Fsp3) is 0.667. The van der Waals surface area contributed by atoms with E-state index >= 15 is 0 Å². The van der Waals surface area contributed by atoms with E-state index in [0.29, 0.717) is 25.9 Å². The number of amides is 2. The van der Waals surface area contributed by atoms with Crippen LogP contribution in [0.5, 0.6) is 0 Å². The van der Waals surface area contributed by atoms with Gasteiger partial charge in [0.15, 0.2) is 6.10 Å². The molecule has 0 aliphatic carbocycles. The SMILES string of the molecule is CCCN(CCC)C(=O)[C@@H]1OC(C(=O)O)=C[C@H](NCC(=O)C(F)(F)F)[C@H]1NC(C)=O. The van der Waals surface area contributed by atoms with Crippen LogP contribution in [0, 0.1) is 0 Å². The molecule has 0 aromatic carbocycles. The van der Waals surface area contributed by atoms with E-state index in [2.05, 4.69) is 10.6 Å². The molecule has 0 unspecified atom stereocenters. The van der Waals surface area contributed by atoms with Gasteiger partial charge in [0, 0.05) is 20.0 Å². The Morgan fingerprint density at radius 2 is 1.73 bits per heavy atom. The van der Waals surface area contributed by atoms with Gasteiger partial charge in [0.05, 0.1) is 18.6 Å². The van der Waals surface area contributed by atoms with Crippen molar-refractivity contribution in [3.63, 3.8) is 0 Å². The van der Waals surface area contributed by atoms with Crippen molar-refractivity contribution in [1.82, 2.24) is 15.5 Å². The maximum atomic E-state index is 13.0. The van der Waals surface area contributed by atoms with Crippen molar-refractivity contribution in [2.24, 2.45) is 0 Å². The second-order valence-electron chi connectivity index (χ2n) is 6.75. The fourth-order valence-corrected chi connectivity index (χ4v) is 2.98. The van der Waals surface area contributed by atoms with Crippen LogP contribution in [-0.2, 0) is 23.9 Å². The largest absolute Gasteiger partial charge is 0.475 e. The lowest BCUT2D eigenvalue weighted by Gasteiger charge is -2.38. The minimum absolute atomic E-state index is 0.343. The zero-order chi connectivity index (χ0) is 23.1. The molecular weight excluding hydrogens is 411 g/mol. The summed E-state index contributed by atoms with van der Waals surface area (Å²) < 4.78 is 42.9. The summed E-state index contributed by atoms with van der Waals surface area (Å²) >= 11 is 0. The first-order chi connectivity index (χ1) is 13.9. The number of nitrogens with zero attached hydrogens (tertiary/aromatic N) is 1. The van der Waals surface area contributed by atoms with Crippen molar-refractivity contribution in [3.8, 4) is 0 Å². The minimum Gasteiger partial charge on any atom is -0.475 e. The summed E-state index contributed by atoms with van der Waals surface area (Å²) in [7, 11) is 0. The number of carbonyl (C=O) groups is 4. The molecule has 0 fully saturated rings. The van der Waals surface area contributed by atoms with Crippen molar-refractivity contribution < 1.29 is 42.2 Å². The van der Waals surface area contributed by atoms with Crippen LogP contribution in [0.15, 0.2) is 11.8 Å². The molecule has 0 spiro atoms. The third-order valence-corrected chi connectivity index (χ3v) is 4.24. The van der Waals surface area contributed by atoms with Gasteiger partial charge in [0.2, 0.25) is 17.4 Å². The van der Waals surface area contributed by atoms with Crippen LogP contribution in [0.25, 0.3) is 0 Å². The first-order valence-electron chi connectivity index (χ1n) is 9.43. The van der Waals surface area contributed by atoms with Crippen LogP contribution in [0.2, 0.25) is 0 Å². The maximum absolute atomic E-state index is 13.0. The number of ether oxygens (including phenoxy) is 1. The lowest BCUT2D eigenvalue weighted by atomic mass is 9.96. The highest BCUT2D eigenvalue weighted by molar-refractivity contribution is 5.89. The quantitative estimate of drug-likeness (QED) is 0.457. The third kappa shape index (κ3) is 7.01. The van der Waals surface area contributed by atoms with E-state index in [0.717, 1.165) is 13.0 Å². The molecule has 0 aromatic rings. The Morgan fingerprint density at radius 3 is 2.17 bits per heavy atom. The van der Waals surface area contributed by atoms with Gasteiger partial charge in [0.25, 0.3) is 5.91 Å². The fourth-order valence-electron chi connectivity index (χ4n) is 2.98. The molecule has 3 atom stereocenters. The van der Waals surface area contributed by atoms with Crippen LogP contribution < -0.4 is 10.6 Å². The molecule has 2 amide bonds. The summed E-state index contributed by atoms with van der Waals surface area (Å²) in [5.74, 6) is -5.51. The van der Waals surface area contributed by atoms with Crippen LogP contribution in [0.3, 0.4) is 0 Å². The van der Waals surface area contributed by atoms with Gasteiger partial charge in [-0.25, -0.2) is 4.79 Å². The highest BCUT2D eigenvalue weighted by Gasteiger charge is 2.44. The molecule has 0 radical (unpaired) electrons. The zero-order valence-electron chi connectivity index (χ0n) is 16.9. The lowest BCUT2D eigenvalue weighted by Crippen LogP contribution is -2.63. The third-order valence-electron chi connectivity index (χ3n) is 4.24. The molecule has 3 N–H and O–H groups in total. The van der Waals surface area contributed by atoms with Crippen LogP contribution in [0.4, 0.5) is 13.2 Å². The summed E-state index contributed by atoms with van der Waals surface area (Å²) in [4.78, 5) is 48.8. The summed E-state index contributed by atoms with van der Waals surface area (Å²) in [6.45, 7) is 4.32. The lowest BCUT2D eigenvalue weighted by molar-refractivity contribution is -0.170. The molecule has 0 aromatic heterocycles. The molecule has 1 aliphatic rings. The second kappa shape index (κ2) is 11.0. The van der Waals surface area contributed by atoms with E-state index in [1.165, 1.54) is 4.90 Å². The van der Waals surface area contributed by atoms with Gasteiger partial charge < -0.3 is 25.4 Å². The number of hydrogen-bond donors (Lipinski definition) is 3. The van der Waals surface area contributed by atoms with Gasteiger partial charge >= 0.3 is 12.1 Å². The number of ketones is 1. The standard InChI is InChI=1S/C18H26F3N3O6/c1-4-6-24(7-5-2)16(27)15-14(23-10(3)25)11(8-12(30-15)17(28)29)22-9-13(26)18(19,20)21/h8,11,14-15,22H,4-7,9H2,1-3H3,(H,23,25)(H,28,29)/t11-,14+,15+/m0/s1. The average Bonchev–Trinajstić information content (AvgIpc) is 2.64. The molecule has 12 heteroatoms. The number of halogens is 3. The van der Waals surface area contributed by atoms with Crippen molar-refractivity contribution >= 4 is 23.6 Å². The highest BCUT2D eigenvalue weighted by Crippen LogP contribution is 2.22. The monoisotopic (exact) mass is 437 g/mol. The number of carbonyl (C=O) groups excluding carboxylic acids is 3. The van der Waals surface area contributed by atoms with Gasteiger partial charge in [0.1, 0.15) is 0 Å². The second-order valence-corrected chi connectivity index (χ2v) is 6.75. The number of hydrogen-bond acceptors (Lipinski definition) is 6. The van der Waals surface area contributed by atoms with E-state index < -0.39 is 60.2 Å². The van der Waals surface area contributed by atoms with Crippen LogP contribution in [-0.4, -0.2) is 77.6 Å². The van der Waals surface area contributed by atoms with E-state index in [-0.39, 0.29) is 0 Å². The normalized spacial score (nSPS) is 21.3. The molecule has 0 bridgehead atoms. The van der Waals surface area contributed by atoms with Crippen molar-refractivity contribution in [3.05, 3.63) is 11.8 Å². The molecular formula is C18H26F3N3O6. The molecule has 170 valence electrons. The Hall–Kier alpha value is -2.63. The van der Waals surface area contributed by atoms with Crippen molar-refractivity contribution in [1.29, 1.82) is 0 Å². The summed E-state index contributed by atoms with van der Waals surface area (Å²) in [6, 6.07) is -2.49. The van der Waals surface area contributed by atoms with E-state index in [1.807, 2.05) is 13.8 Å². The topological polar surface area (TPSA) is 125 Å². The van der Waals surface area contributed by atoms with E-state index in [4.69, 9.17) is 4.74 Å². The molecule has 0 saturated carbocycles. The Bertz CT molecular complexity index is 689. The smallest absolute Gasteiger partial charge is 0.451 e. The maximum Gasteiger partial charge on any atom is 0.451 e. The number of aliphatic carboxylic acids is 1. The Balaban J connectivity index is 3.26. The van der Waals surface area contributed by atoms with Gasteiger partial charge in [-0.15, -0.1) is 0 Å². The number of Topliss-reactive ketones (excluding diaryl/α,β-unsaturated/α-hetero) is 1. The molecule has 1 heterocycles. The zero-order valence-corrected chi connectivity index (χ0v) is 16.9. The predicted octanol–water partition coefficient (Wildman–Crippen LogP) is 0.597.